The summed E-state index contributed by atoms with van der Waals surface area (Å²) < 4.78 is 11.1. The number of carbonyl (C=O) groups is 1. The average molecular weight is 318 g/mol. The number of rotatable bonds is 2. The Morgan fingerprint density at radius 3 is 2.96 bits per heavy atom. The van der Waals surface area contributed by atoms with E-state index in [1.807, 2.05) is 6.20 Å². The lowest BCUT2D eigenvalue weighted by molar-refractivity contribution is -0.0431. The molecule has 0 aromatic carbocycles. The van der Waals surface area contributed by atoms with Gasteiger partial charge in [-0.15, -0.1) is 0 Å². The number of piperidine rings is 1. The first-order chi connectivity index (χ1) is 11.3. The van der Waals surface area contributed by atoms with Crippen molar-refractivity contribution in [3.05, 3.63) is 18.1 Å². The Hall–Kier alpha value is -1.73. The first kappa shape index (κ1) is 14.8. The summed E-state index contributed by atoms with van der Waals surface area (Å²) in [4.78, 5) is 22.9. The predicted octanol–water partition coefficient (Wildman–Crippen LogP) is 1.45. The molecule has 4 rings (SSSR count). The maximum atomic E-state index is 12.3. The highest BCUT2D eigenvalue weighted by atomic mass is 16.6. The second kappa shape index (κ2) is 6.05. The van der Waals surface area contributed by atoms with Crippen molar-refractivity contribution in [3.8, 4) is 0 Å². The third-order valence-electron chi connectivity index (χ3n) is 5.01. The van der Waals surface area contributed by atoms with Gasteiger partial charge in [-0.05, 0) is 19.4 Å². The fourth-order valence-corrected chi connectivity index (χ4v) is 3.60. The van der Waals surface area contributed by atoms with Crippen molar-refractivity contribution < 1.29 is 14.3 Å². The summed E-state index contributed by atoms with van der Waals surface area (Å²) in [6.07, 6.45) is 6.89. The van der Waals surface area contributed by atoms with Gasteiger partial charge in [0.05, 0.1) is 31.6 Å². The molecule has 1 spiro atoms. The Labute approximate surface area is 135 Å². The van der Waals surface area contributed by atoms with E-state index in [0.29, 0.717) is 31.5 Å². The smallest absolute Gasteiger partial charge is 0.416 e. The highest BCUT2D eigenvalue weighted by molar-refractivity contribution is 5.89. The molecule has 1 aromatic heterocycles. The molecule has 1 aromatic rings. The summed E-state index contributed by atoms with van der Waals surface area (Å²) in [7, 11) is 0. The third kappa shape index (κ3) is 2.90. The summed E-state index contributed by atoms with van der Waals surface area (Å²) >= 11 is 0. The van der Waals surface area contributed by atoms with Crippen LogP contribution in [0, 0.1) is 0 Å². The third-order valence-corrected chi connectivity index (χ3v) is 5.01. The van der Waals surface area contributed by atoms with Crippen LogP contribution in [0.15, 0.2) is 12.4 Å². The maximum absolute atomic E-state index is 12.3. The lowest BCUT2D eigenvalue weighted by Crippen LogP contribution is -2.40. The lowest BCUT2D eigenvalue weighted by Gasteiger charge is -2.30. The molecule has 0 saturated carbocycles. The first-order valence-corrected chi connectivity index (χ1v) is 8.37. The van der Waals surface area contributed by atoms with Gasteiger partial charge in [-0.3, -0.25) is 9.88 Å². The normalized spacial score (nSPS) is 27.2. The van der Waals surface area contributed by atoms with E-state index in [0.717, 1.165) is 44.5 Å². The van der Waals surface area contributed by atoms with E-state index in [4.69, 9.17) is 14.5 Å². The van der Waals surface area contributed by atoms with Gasteiger partial charge in [0.1, 0.15) is 5.60 Å². The van der Waals surface area contributed by atoms with Gasteiger partial charge in [0.25, 0.3) is 0 Å². The van der Waals surface area contributed by atoms with Crippen molar-refractivity contribution >= 4 is 11.9 Å². The molecular formula is C16H22N4O3. The second-order valence-electron chi connectivity index (χ2n) is 6.59. The number of carbonyl (C=O) groups excluding carboxylic acids is 1. The van der Waals surface area contributed by atoms with Gasteiger partial charge in [-0.1, -0.05) is 0 Å². The number of nitrogens with one attached hydrogen (secondary N) is 1. The zero-order valence-corrected chi connectivity index (χ0v) is 13.2. The van der Waals surface area contributed by atoms with E-state index in [-0.39, 0.29) is 6.09 Å². The van der Waals surface area contributed by atoms with E-state index in [1.54, 1.807) is 11.1 Å². The Morgan fingerprint density at radius 1 is 1.30 bits per heavy atom. The Balaban J connectivity index is 1.54. The van der Waals surface area contributed by atoms with Gasteiger partial charge in [0, 0.05) is 31.5 Å². The van der Waals surface area contributed by atoms with Crippen molar-refractivity contribution in [3.63, 3.8) is 0 Å². The molecule has 3 saturated heterocycles. The predicted molar refractivity (Wildman–Crippen MR) is 83.5 cm³/mol. The van der Waals surface area contributed by atoms with Crippen LogP contribution in [0.5, 0.6) is 0 Å². The van der Waals surface area contributed by atoms with Crippen molar-refractivity contribution in [1.29, 1.82) is 0 Å². The minimum atomic E-state index is -0.417. The summed E-state index contributed by atoms with van der Waals surface area (Å²) in [6.45, 7) is 3.80. The number of amides is 1. The number of ether oxygens (including phenoxy) is 2. The molecule has 7 heteroatoms. The molecule has 0 radical (unpaired) electrons. The number of anilines is 1. The molecule has 4 heterocycles. The molecule has 1 N–H and O–H groups in total. The van der Waals surface area contributed by atoms with E-state index >= 15 is 0 Å². The van der Waals surface area contributed by atoms with Crippen LogP contribution in [0.1, 0.15) is 37.3 Å². The zero-order chi connectivity index (χ0) is 15.7. The Morgan fingerprint density at radius 2 is 2.17 bits per heavy atom. The molecule has 23 heavy (non-hydrogen) atoms. The highest BCUT2D eigenvalue weighted by Gasteiger charge is 2.47. The summed E-state index contributed by atoms with van der Waals surface area (Å²) in [5.74, 6) is 0.966. The van der Waals surface area contributed by atoms with E-state index in [9.17, 15) is 4.79 Å². The fraction of sp³-hybridized carbons (Fsp3) is 0.688. The number of hydrogen-bond acceptors (Lipinski definition) is 6. The standard InChI is InChI=1S/C16H22N4O3/c21-15-20(11-16(23-15)3-6-22-7-4-16)14-10-18-9-13(19-14)12-2-1-5-17-8-12/h9-10,12,17H,1-8,11H2. The number of hydrogen-bond donors (Lipinski definition) is 1. The van der Waals surface area contributed by atoms with Crippen LogP contribution in [0.2, 0.25) is 0 Å². The summed E-state index contributed by atoms with van der Waals surface area (Å²) in [5, 5.41) is 3.39. The van der Waals surface area contributed by atoms with Gasteiger partial charge in [0.15, 0.2) is 5.82 Å². The molecule has 3 fully saturated rings. The molecule has 3 aliphatic rings. The summed E-state index contributed by atoms with van der Waals surface area (Å²) in [5.41, 5.74) is 0.537. The van der Waals surface area contributed by atoms with Crippen molar-refractivity contribution in [2.24, 2.45) is 0 Å². The van der Waals surface area contributed by atoms with Gasteiger partial charge >= 0.3 is 6.09 Å². The van der Waals surface area contributed by atoms with Crippen molar-refractivity contribution in [2.75, 3.05) is 37.7 Å². The molecule has 3 aliphatic heterocycles. The van der Waals surface area contributed by atoms with Crippen molar-refractivity contribution in [2.45, 2.75) is 37.2 Å². The van der Waals surface area contributed by atoms with Crippen molar-refractivity contribution in [1.82, 2.24) is 15.3 Å². The van der Waals surface area contributed by atoms with Gasteiger partial charge in [0.2, 0.25) is 0 Å². The quantitative estimate of drug-likeness (QED) is 0.889. The van der Waals surface area contributed by atoms with Gasteiger partial charge < -0.3 is 14.8 Å². The first-order valence-electron chi connectivity index (χ1n) is 8.37. The van der Waals surface area contributed by atoms with Crippen LogP contribution >= 0.6 is 0 Å². The number of nitrogens with zero attached hydrogens (tertiary/aromatic N) is 3. The Kier molecular flexibility index (Phi) is 3.90. The molecule has 1 unspecified atom stereocenters. The van der Waals surface area contributed by atoms with Gasteiger partial charge in [-0.25, -0.2) is 9.78 Å². The Bertz CT molecular complexity index is 582. The SMILES string of the molecule is O=C1OC2(CCOCC2)CN1c1cncc(C2CCCNC2)n1. The van der Waals surface area contributed by atoms with Crippen LogP contribution in [-0.4, -0.2) is 54.5 Å². The fourth-order valence-electron chi connectivity index (χ4n) is 3.60. The number of aromatic nitrogens is 2. The van der Waals surface area contributed by atoms with Crippen LogP contribution in [-0.2, 0) is 9.47 Å². The van der Waals surface area contributed by atoms with Crippen LogP contribution in [0.4, 0.5) is 10.6 Å². The monoisotopic (exact) mass is 318 g/mol. The minimum absolute atomic E-state index is 0.319. The van der Waals surface area contributed by atoms with Crippen LogP contribution in [0.25, 0.3) is 0 Å². The molecule has 1 amide bonds. The second-order valence-corrected chi connectivity index (χ2v) is 6.59. The average Bonchev–Trinajstić information content (AvgIpc) is 2.92. The molecular weight excluding hydrogens is 296 g/mol. The molecule has 7 nitrogen and oxygen atoms in total. The maximum Gasteiger partial charge on any atom is 0.416 e. The molecule has 124 valence electrons. The van der Waals surface area contributed by atoms with E-state index in [2.05, 4.69) is 10.3 Å². The zero-order valence-electron chi connectivity index (χ0n) is 13.2. The minimum Gasteiger partial charge on any atom is -0.440 e. The van der Waals surface area contributed by atoms with Gasteiger partial charge in [-0.2, -0.15) is 0 Å². The molecule has 1 atom stereocenters. The topological polar surface area (TPSA) is 76.6 Å². The van der Waals surface area contributed by atoms with Crippen LogP contribution in [0.3, 0.4) is 0 Å². The largest absolute Gasteiger partial charge is 0.440 e. The molecule has 0 bridgehead atoms. The van der Waals surface area contributed by atoms with E-state index < -0.39 is 5.60 Å². The lowest BCUT2D eigenvalue weighted by atomic mass is 9.94. The van der Waals surface area contributed by atoms with Crippen LogP contribution < -0.4 is 10.2 Å². The highest BCUT2D eigenvalue weighted by Crippen LogP contribution is 2.34. The molecule has 0 aliphatic carbocycles. The van der Waals surface area contributed by atoms with E-state index in [1.165, 1.54) is 0 Å². The summed E-state index contributed by atoms with van der Waals surface area (Å²) in [6, 6.07) is 0.